The number of halogens is 1. The van der Waals surface area contributed by atoms with Crippen molar-refractivity contribution in [3.05, 3.63) is 81.1 Å². The van der Waals surface area contributed by atoms with Gasteiger partial charge in [-0.15, -0.1) is 0 Å². The van der Waals surface area contributed by atoms with Crippen molar-refractivity contribution < 1.29 is 19.1 Å². The lowest BCUT2D eigenvalue weighted by Crippen LogP contribution is -2.45. The molecule has 3 aliphatic rings. The van der Waals surface area contributed by atoms with Crippen molar-refractivity contribution in [2.45, 2.75) is 70.3 Å². The number of benzene rings is 2. The lowest BCUT2D eigenvalue weighted by atomic mass is 9.96. The summed E-state index contributed by atoms with van der Waals surface area (Å²) in [5, 5.41) is 17.2. The summed E-state index contributed by atoms with van der Waals surface area (Å²) in [6.07, 6.45) is 1.89. The van der Waals surface area contributed by atoms with Crippen LogP contribution in [0, 0.1) is 11.3 Å². The van der Waals surface area contributed by atoms with E-state index in [0.29, 0.717) is 47.8 Å². The van der Waals surface area contributed by atoms with Crippen molar-refractivity contribution in [3.8, 4) is 11.8 Å². The number of ether oxygens (including phenoxy) is 1. The highest BCUT2D eigenvalue weighted by Gasteiger charge is 2.52. The molecule has 0 radical (unpaired) electrons. The SMILES string of the molecule is CNC(=O)C1(Oc2ccc(C(C)N3C[C@@H](C)n4nc5c(c4C3=O)CN(C(=O)c3ccc(Cl)c(C#N)c3)[C@H](C)C5)cc2)CC1. The van der Waals surface area contributed by atoms with Crippen LogP contribution in [0.4, 0.5) is 0 Å². The maximum atomic E-state index is 14.1. The van der Waals surface area contributed by atoms with E-state index in [1.54, 1.807) is 24.1 Å². The van der Waals surface area contributed by atoms with Crippen LogP contribution < -0.4 is 10.1 Å². The van der Waals surface area contributed by atoms with Gasteiger partial charge in [-0.25, -0.2) is 0 Å². The first-order chi connectivity index (χ1) is 20.6. The Morgan fingerprint density at radius 2 is 1.88 bits per heavy atom. The maximum absolute atomic E-state index is 14.1. The molecule has 1 fully saturated rings. The van der Waals surface area contributed by atoms with Gasteiger partial charge >= 0.3 is 0 Å². The number of carbonyl (C=O) groups is 3. The first-order valence-corrected chi connectivity index (χ1v) is 14.9. The highest BCUT2D eigenvalue weighted by molar-refractivity contribution is 6.31. The molecular formula is C32H33ClN6O4. The van der Waals surface area contributed by atoms with Crippen LogP contribution in [0.2, 0.25) is 5.02 Å². The highest BCUT2D eigenvalue weighted by atomic mass is 35.5. The third-order valence-electron chi connectivity index (χ3n) is 8.87. The van der Waals surface area contributed by atoms with Gasteiger partial charge in [-0.2, -0.15) is 10.4 Å². The minimum absolute atomic E-state index is 0.0560. The Bertz CT molecular complexity index is 1670. The number of nitriles is 1. The summed E-state index contributed by atoms with van der Waals surface area (Å²) in [5.74, 6) is 0.146. The molecule has 2 aliphatic heterocycles. The average Bonchev–Trinajstić information content (AvgIpc) is 3.69. The fourth-order valence-corrected chi connectivity index (χ4v) is 6.30. The van der Waals surface area contributed by atoms with Crippen molar-refractivity contribution in [1.29, 1.82) is 5.26 Å². The van der Waals surface area contributed by atoms with Gasteiger partial charge in [0.1, 0.15) is 17.5 Å². The standard InChI is InChI=1S/C32H33ClN6O4/c1-18-13-27-25(17-37(18)29(40)22-7-10-26(33)23(14-22)15-34)28-30(41)38(16-19(2)39(28)36-27)20(3)21-5-8-24(9-6-21)43-32(11-12-32)31(42)35-4/h5-10,14,18-20H,11-13,16-17H2,1-4H3,(H,35,42)/t18-,19-,20?/m1/s1. The van der Waals surface area contributed by atoms with Gasteiger partial charge in [0.25, 0.3) is 17.7 Å². The number of amides is 3. The van der Waals surface area contributed by atoms with Crippen LogP contribution in [-0.4, -0.2) is 62.5 Å². The lowest BCUT2D eigenvalue weighted by molar-refractivity contribution is -0.129. The maximum Gasteiger partial charge on any atom is 0.273 e. The molecule has 1 N–H and O–H groups in total. The van der Waals surface area contributed by atoms with E-state index in [4.69, 9.17) is 21.4 Å². The Labute approximate surface area is 255 Å². The van der Waals surface area contributed by atoms with E-state index in [1.165, 1.54) is 6.07 Å². The van der Waals surface area contributed by atoms with Crippen LogP contribution in [0.1, 0.15) is 88.9 Å². The fraction of sp³-hybridized carbons (Fsp3) is 0.406. The number of nitrogens with zero attached hydrogens (tertiary/aromatic N) is 5. The first-order valence-electron chi connectivity index (χ1n) is 14.5. The van der Waals surface area contributed by atoms with Crippen LogP contribution >= 0.6 is 11.6 Å². The summed E-state index contributed by atoms with van der Waals surface area (Å²) in [5.41, 5.74) is 2.90. The van der Waals surface area contributed by atoms with Crippen molar-refractivity contribution in [3.63, 3.8) is 0 Å². The van der Waals surface area contributed by atoms with Crippen LogP contribution in [0.15, 0.2) is 42.5 Å². The van der Waals surface area contributed by atoms with Gasteiger partial charge in [0, 0.05) is 50.0 Å². The molecule has 1 unspecified atom stereocenters. The zero-order valence-corrected chi connectivity index (χ0v) is 25.3. The van der Waals surface area contributed by atoms with E-state index in [2.05, 4.69) is 5.32 Å². The van der Waals surface area contributed by atoms with Crippen molar-refractivity contribution in [1.82, 2.24) is 24.9 Å². The number of likely N-dealkylation sites (N-methyl/N-ethyl adjacent to an activating group) is 1. The molecule has 43 heavy (non-hydrogen) atoms. The summed E-state index contributed by atoms with van der Waals surface area (Å²) >= 11 is 6.09. The van der Waals surface area contributed by atoms with Gasteiger partial charge in [0.05, 0.1) is 34.9 Å². The zero-order valence-electron chi connectivity index (χ0n) is 24.6. The summed E-state index contributed by atoms with van der Waals surface area (Å²) in [4.78, 5) is 43.4. The van der Waals surface area contributed by atoms with Crippen LogP contribution in [0.5, 0.6) is 5.75 Å². The lowest BCUT2D eigenvalue weighted by Gasteiger charge is -2.37. The van der Waals surface area contributed by atoms with E-state index < -0.39 is 5.60 Å². The molecule has 3 atom stereocenters. The molecule has 3 heterocycles. The van der Waals surface area contributed by atoms with E-state index in [9.17, 15) is 19.6 Å². The number of rotatable bonds is 6. The predicted molar refractivity (Wildman–Crippen MR) is 159 cm³/mol. The second-order valence-corrected chi connectivity index (χ2v) is 12.1. The Morgan fingerprint density at radius 1 is 1.16 bits per heavy atom. The second kappa shape index (κ2) is 10.7. The topological polar surface area (TPSA) is 121 Å². The predicted octanol–water partition coefficient (Wildman–Crippen LogP) is 4.43. The monoisotopic (exact) mass is 600 g/mol. The Balaban J connectivity index is 1.24. The number of hydrogen-bond donors (Lipinski definition) is 1. The number of carbonyl (C=O) groups excluding carboxylic acids is 3. The largest absolute Gasteiger partial charge is 0.477 e. The van der Waals surface area contributed by atoms with E-state index in [0.717, 1.165) is 16.8 Å². The summed E-state index contributed by atoms with van der Waals surface area (Å²) in [7, 11) is 1.61. The molecule has 1 aromatic heterocycles. The normalized spacial score (nSPS) is 20.9. The smallest absolute Gasteiger partial charge is 0.273 e. The number of nitrogens with one attached hydrogen (secondary N) is 1. The van der Waals surface area contributed by atoms with Gasteiger partial charge in [-0.3, -0.25) is 19.1 Å². The number of hydrogen-bond acceptors (Lipinski definition) is 6. The Hall–Kier alpha value is -4.36. The molecule has 10 nitrogen and oxygen atoms in total. The van der Waals surface area contributed by atoms with E-state index >= 15 is 0 Å². The van der Waals surface area contributed by atoms with Crippen molar-refractivity contribution in [2.75, 3.05) is 13.6 Å². The van der Waals surface area contributed by atoms with Gasteiger partial charge in [0.2, 0.25) is 0 Å². The average molecular weight is 601 g/mol. The van der Waals surface area contributed by atoms with Crippen molar-refractivity contribution >= 4 is 29.3 Å². The molecule has 222 valence electrons. The molecule has 2 aromatic carbocycles. The molecule has 3 amide bonds. The van der Waals surface area contributed by atoms with Crippen LogP contribution in [0.3, 0.4) is 0 Å². The summed E-state index contributed by atoms with van der Waals surface area (Å²) < 4.78 is 7.83. The van der Waals surface area contributed by atoms with Gasteiger partial charge < -0.3 is 19.9 Å². The molecule has 1 aliphatic carbocycles. The zero-order chi connectivity index (χ0) is 30.6. The van der Waals surface area contributed by atoms with Gasteiger partial charge in [-0.05, 0) is 56.7 Å². The third-order valence-corrected chi connectivity index (χ3v) is 9.20. The third kappa shape index (κ3) is 4.91. The molecule has 0 bridgehead atoms. The Morgan fingerprint density at radius 3 is 2.53 bits per heavy atom. The minimum atomic E-state index is -0.782. The highest BCUT2D eigenvalue weighted by Crippen LogP contribution is 2.41. The quantitative estimate of drug-likeness (QED) is 0.447. The van der Waals surface area contributed by atoms with Crippen LogP contribution in [-0.2, 0) is 17.8 Å². The first kappa shape index (κ1) is 28.7. The summed E-state index contributed by atoms with van der Waals surface area (Å²) in [6.45, 7) is 6.74. The van der Waals surface area contributed by atoms with Crippen LogP contribution in [0.25, 0.3) is 0 Å². The van der Waals surface area contributed by atoms with E-state index in [1.807, 2.05) is 60.7 Å². The molecule has 0 spiro atoms. The molecule has 0 saturated heterocycles. The van der Waals surface area contributed by atoms with E-state index in [-0.39, 0.29) is 48.0 Å². The van der Waals surface area contributed by atoms with Gasteiger partial charge in [-0.1, -0.05) is 23.7 Å². The molecular weight excluding hydrogens is 568 g/mol. The fourth-order valence-electron chi connectivity index (χ4n) is 6.14. The van der Waals surface area contributed by atoms with Crippen molar-refractivity contribution in [2.24, 2.45) is 0 Å². The Kier molecular flexibility index (Phi) is 7.17. The molecule has 6 rings (SSSR count). The van der Waals surface area contributed by atoms with Gasteiger partial charge in [0.15, 0.2) is 5.60 Å². The minimum Gasteiger partial charge on any atom is -0.477 e. The second-order valence-electron chi connectivity index (χ2n) is 11.7. The molecule has 11 heteroatoms. The summed E-state index contributed by atoms with van der Waals surface area (Å²) in [6, 6.07) is 13.9. The molecule has 1 saturated carbocycles. The molecule has 3 aromatic rings. The number of fused-ring (bicyclic) bond motifs is 3. The number of aromatic nitrogens is 2.